The molecule has 4 atom stereocenters. The Kier molecular flexibility index (Phi) is 19.1. The van der Waals surface area contributed by atoms with E-state index >= 15 is 0 Å². The first-order valence-electron chi connectivity index (χ1n) is 19.1. The summed E-state index contributed by atoms with van der Waals surface area (Å²) in [5, 5.41) is 30.4. The van der Waals surface area contributed by atoms with E-state index in [1.165, 1.54) is 0 Å². The lowest BCUT2D eigenvalue weighted by Gasteiger charge is -2.26. The number of rotatable bonds is 23. The average Bonchev–Trinajstić information content (AvgIpc) is 3.18. The number of phenolic OH excluding ortho intramolecular Hbond substituents is 1. The Bertz CT molecular complexity index is 1890. The molecule has 0 fully saturated rings. The minimum atomic E-state index is -1.25. The maximum atomic E-state index is 14.0. The number of nitrogens with one attached hydrogen (secondary N) is 5. The van der Waals surface area contributed by atoms with Crippen LogP contribution in [0.15, 0.2) is 77.8 Å². The topological polar surface area (TPSA) is 309 Å². The minimum absolute atomic E-state index is 0.00583. The number of aliphatic imine (C=N–C) groups is 1. The van der Waals surface area contributed by atoms with Crippen LogP contribution >= 0.6 is 0 Å². The standard InChI is InChI=1S/C40H54N10O9/c1-25-20-29(51)21-26(2)30(25)23-31(41)36(53)47-33(17-11-19-44-39(43)49-50(57)58)37(54)48-34(22-27-12-5-3-6-13-27)38(55)46-32(35(42)52)16-9-10-18-45-40(56)59-24-28-14-7-4-8-15-28/h3-8,12-15,20-21,31-34,51H,9-11,16-19,22-24,41H2,1-2H3,(H2,42,52)(H,45,56)(H,46,55)(H,47,53)(H,48,54)(H3,43,44,49). The van der Waals surface area contributed by atoms with Crippen molar-refractivity contribution in [2.24, 2.45) is 22.2 Å². The normalized spacial score (nSPS) is 13.2. The van der Waals surface area contributed by atoms with Crippen LogP contribution in [-0.2, 0) is 43.4 Å². The van der Waals surface area contributed by atoms with Gasteiger partial charge in [0.25, 0.3) is 5.96 Å². The molecule has 0 bridgehead atoms. The van der Waals surface area contributed by atoms with Crippen molar-refractivity contribution >= 4 is 35.7 Å². The summed E-state index contributed by atoms with van der Waals surface area (Å²) < 4.78 is 5.20. The molecule has 19 heteroatoms. The molecule has 59 heavy (non-hydrogen) atoms. The van der Waals surface area contributed by atoms with Gasteiger partial charge in [0.15, 0.2) is 5.03 Å². The summed E-state index contributed by atoms with van der Waals surface area (Å²) in [5.41, 5.74) is 22.9. The number of guanidine groups is 1. The number of hydrogen-bond donors (Lipinski definition) is 9. The molecule has 3 aromatic rings. The second-order valence-corrected chi connectivity index (χ2v) is 13.9. The lowest BCUT2D eigenvalue weighted by molar-refractivity contribution is -0.525. The van der Waals surface area contributed by atoms with Gasteiger partial charge in [-0.05, 0) is 92.3 Å². The van der Waals surface area contributed by atoms with Gasteiger partial charge in [0.1, 0.15) is 30.5 Å². The van der Waals surface area contributed by atoms with E-state index in [2.05, 4.69) is 26.3 Å². The van der Waals surface area contributed by atoms with Crippen LogP contribution in [0.2, 0.25) is 0 Å². The number of nitrogens with zero attached hydrogens (tertiary/aromatic N) is 2. The molecule has 5 amide bonds. The van der Waals surface area contributed by atoms with E-state index in [0.717, 1.165) is 22.3 Å². The number of aromatic hydroxyl groups is 1. The smallest absolute Gasteiger partial charge is 0.407 e. The van der Waals surface area contributed by atoms with Crippen LogP contribution < -0.4 is 43.9 Å². The Morgan fingerprint density at radius 1 is 0.780 bits per heavy atom. The lowest BCUT2D eigenvalue weighted by atomic mass is 9.95. The molecule has 0 spiro atoms. The van der Waals surface area contributed by atoms with Gasteiger partial charge in [-0.25, -0.2) is 19.9 Å². The van der Waals surface area contributed by atoms with E-state index in [4.69, 9.17) is 21.9 Å². The number of carbonyl (C=O) groups is 5. The van der Waals surface area contributed by atoms with Crippen molar-refractivity contribution in [2.75, 3.05) is 13.1 Å². The average molecular weight is 819 g/mol. The largest absolute Gasteiger partial charge is 0.508 e. The molecule has 19 nitrogen and oxygen atoms in total. The van der Waals surface area contributed by atoms with Crippen molar-refractivity contribution in [3.63, 3.8) is 0 Å². The summed E-state index contributed by atoms with van der Waals surface area (Å²) in [6, 6.07) is 16.4. The predicted octanol–water partition coefficient (Wildman–Crippen LogP) is 1.03. The second kappa shape index (κ2) is 24.1. The summed E-state index contributed by atoms with van der Waals surface area (Å²) in [7, 11) is 0. The molecule has 0 radical (unpaired) electrons. The van der Waals surface area contributed by atoms with E-state index in [0.29, 0.717) is 18.4 Å². The van der Waals surface area contributed by atoms with Gasteiger partial charge in [-0.1, -0.05) is 66.1 Å². The molecule has 318 valence electrons. The molecule has 4 unspecified atom stereocenters. The van der Waals surface area contributed by atoms with Crippen molar-refractivity contribution in [1.82, 2.24) is 26.7 Å². The van der Waals surface area contributed by atoms with Crippen LogP contribution in [0.25, 0.3) is 0 Å². The summed E-state index contributed by atoms with van der Waals surface area (Å²) in [5.74, 6) is -3.33. The van der Waals surface area contributed by atoms with Gasteiger partial charge in [0, 0.05) is 19.5 Å². The second-order valence-electron chi connectivity index (χ2n) is 13.9. The number of ether oxygens (including phenoxy) is 1. The minimum Gasteiger partial charge on any atom is -0.508 e. The lowest BCUT2D eigenvalue weighted by Crippen LogP contribution is -2.58. The number of hydrogen-bond acceptors (Lipinski definition) is 11. The Morgan fingerprint density at radius 3 is 1.95 bits per heavy atom. The first-order valence-corrected chi connectivity index (χ1v) is 19.1. The zero-order valence-electron chi connectivity index (χ0n) is 33.1. The monoisotopic (exact) mass is 818 g/mol. The van der Waals surface area contributed by atoms with E-state index in [9.17, 15) is 39.2 Å². The van der Waals surface area contributed by atoms with Crippen LogP contribution in [0, 0.1) is 24.0 Å². The van der Waals surface area contributed by atoms with Gasteiger partial charge in [-0.15, -0.1) is 0 Å². The number of benzene rings is 3. The molecule has 0 aliphatic rings. The van der Waals surface area contributed by atoms with Gasteiger partial charge in [-0.3, -0.25) is 19.2 Å². The first kappa shape index (κ1) is 46.6. The number of alkyl carbamates (subject to hydrolysis) is 1. The quantitative estimate of drug-likeness (QED) is 0.0213. The number of aryl methyl sites for hydroxylation is 2. The van der Waals surface area contributed by atoms with Gasteiger partial charge < -0.3 is 48.3 Å². The number of hydrazine groups is 1. The summed E-state index contributed by atoms with van der Waals surface area (Å²) >= 11 is 0. The fourth-order valence-corrected chi connectivity index (χ4v) is 6.10. The molecular formula is C40H54N10O9. The molecular weight excluding hydrogens is 765 g/mol. The Hall–Kier alpha value is -6.76. The molecule has 3 rings (SSSR count). The molecule has 0 aliphatic carbocycles. The van der Waals surface area contributed by atoms with Crippen molar-refractivity contribution in [1.29, 1.82) is 0 Å². The number of amides is 5. The van der Waals surface area contributed by atoms with Gasteiger partial charge in [-0.2, -0.15) is 0 Å². The number of primary amides is 1. The summed E-state index contributed by atoms with van der Waals surface area (Å²) in [4.78, 5) is 80.3. The molecule has 0 aromatic heterocycles. The SMILES string of the molecule is Cc1cc(O)cc(C)c1CC(N)C(=O)NC(CCCN=C(N)N[N+](=O)[O-])C(=O)NC(Cc1ccccc1)C(=O)NC(CCCCNC(=O)OCc1ccccc1)C(N)=O. The van der Waals surface area contributed by atoms with Crippen molar-refractivity contribution in [3.8, 4) is 5.75 Å². The van der Waals surface area contributed by atoms with E-state index in [1.54, 1.807) is 61.7 Å². The molecule has 12 N–H and O–H groups in total. The predicted molar refractivity (Wildman–Crippen MR) is 219 cm³/mol. The fourth-order valence-electron chi connectivity index (χ4n) is 6.10. The van der Waals surface area contributed by atoms with Gasteiger partial charge in [0.2, 0.25) is 23.6 Å². The molecule has 0 saturated heterocycles. The number of carbonyl (C=O) groups excluding carboxylic acids is 5. The summed E-state index contributed by atoms with van der Waals surface area (Å²) in [6.07, 6.45) is 0.563. The van der Waals surface area contributed by atoms with Gasteiger partial charge in [0.05, 0.1) is 6.04 Å². The summed E-state index contributed by atoms with van der Waals surface area (Å²) in [6.45, 7) is 3.84. The third-order valence-corrected chi connectivity index (χ3v) is 9.19. The third kappa shape index (κ3) is 17.1. The van der Waals surface area contributed by atoms with Crippen LogP contribution in [0.1, 0.15) is 59.9 Å². The fraction of sp³-hybridized carbons (Fsp3) is 0.400. The zero-order chi connectivity index (χ0) is 43.3. The Labute approximate surface area is 342 Å². The first-order chi connectivity index (χ1) is 28.1. The van der Waals surface area contributed by atoms with Crippen LogP contribution in [0.4, 0.5) is 4.79 Å². The zero-order valence-corrected chi connectivity index (χ0v) is 33.1. The highest BCUT2D eigenvalue weighted by Gasteiger charge is 2.30. The van der Waals surface area contributed by atoms with Crippen LogP contribution in [0.5, 0.6) is 5.75 Å². The van der Waals surface area contributed by atoms with Crippen molar-refractivity contribution in [2.45, 2.75) is 89.6 Å². The highest BCUT2D eigenvalue weighted by Crippen LogP contribution is 2.22. The van der Waals surface area contributed by atoms with Crippen LogP contribution in [-0.4, -0.2) is 83.1 Å². The van der Waals surface area contributed by atoms with E-state index < -0.39 is 64.9 Å². The van der Waals surface area contributed by atoms with Gasteiger partial charge >= 0.3 is 6.09 Å². The molecule has 0 heterocycles. The Morgan fingerprint density at radius 2 is 1.34 bits per heavy atom. The number of nitrogens with two attached hydrogens (primary N) is 3. The highest BCUT2D eigenvalue weighted by atomic mass is 16.7. The maximum absolute atomic E-state index is 14.0. The Balaban J connectivity index is 1.70. The van der Waals surface area contributed by atoms with Crippen molar-refractivity contribution in [3.05, 3.63) is 111 Å². The van der Waals surface area contributed by atoms with Crippen LogP contribution in [0.3, 0.4) is 0 Å². The van der Waals surface area contributed by atoms with E-state index in [-0.39, 0.29) is 57.6 Å². The number of unbranched alkanes of at least 4 members (excludes halogenated alkanes) is 1. The number of phenols is 1. The number of nitro groups is 1. The van der Waals surface area contributed by atoms with Crippen molar-refractivity contribution < 1.29 is 38.8 Å². The van der Waals surface area contributed by atoms with E-state index in [1.807, 2.05) is 30.3 Å². The molecule has 0 saturated carbocycles. The maximum Gasteiger partial charge on any atom is 0.407 e. The molecule has 0 aliphatic heterocycles. The highest BCUT2D eigenvalue weighted by molar-refractivity contribution is 5.94. The third-order valence-electron chi connectivity index (χ3n) is 9.19. The molecule has 3 aromatic carbocycles.